The summed E-state index contributed by atoms with van der Waals surface area (Å²) in [6, 6.07) is 5.00. The molecule has 0 amide bonds. The number of rotatable bonds is 1. The molecule has 0 saturated carbocycles. The topological polar surface area (TPSA) is 25.8 Å². The fourth-order valence-electron chi connectivity index (χ4n) is 1.16. The van der Waals surface area contributed by atoms with Gasteiger partial charge in [0.15, 0.2) is 0 Å². The first kappa shape index (κ1) is 10.5. The van der Waals surface area contributed by atoms with Crippen LogP contribution in [0.25, 0.3) is 11.1 Å². The summed E-state index contributed by atoms with van der Waals surface area (Å²) >= 11 is 8.94. The Balaban J connectivity index is 2.53. The van der Waals surface area contributed by atoms with Crippen LogP contribution in [-0.2, 0) is 0 Å². The number of nitrogens with zero attached hydrogens (tertiary/aromatic N) is 2. The maximum atomic E-state index is 13.3. The van der Waals surface area contributed by atoms with E-state index in [1.54, 1.807) is 18.3 Å². The molecule has 0 bridgehead atoms. The van der Waals surface area contributed by atoms with E-state index >= 15 is 0 Å². The summed E-state index contributed by atoms with van der Waals surface area (Å²) in [5, 5.41) is 0.398. The molecule has 0 aliphatic carbocycles. The maximum Gasteiger partial charge on any atom is 0.220 e. The van der Waals surface area contributed by atoms with Crippen molar-refractivity contribution in [2.24, 2.45) is 0 Å². The normalized spacial score (nSPS) is 10.3. The summed E-state index contributed by atoms with van der Waals surface area (Å²) in [5.41, 5.74) is 0.994. The lowest BCUT2D eigenvalue weighted by Gasteiger charge is -2.02. The molecule has 0 atom stereocenters. The van der Waals surface area contributed by atoms with Crippen LogP contribution in [0.4, 0.5) is 4.39 Å². The molecule has 0 radical (unpaired) electrons. The quantitative estimate of drug-likeness (QED) is 0.747. The van der Waals surface area contributed by atoms with Crippen molar-refractivity contribution in [3.63, 3.8) is 0 Å². The van der Waals surface area contributed by atoms with Gasteiger partial charge >= 0.3 is 0 Å². The molecule has 0 unspecified atom stereocenters. The molecule has 2 aromatic rings. The summed E-state index contributed by atoms with van der Waals surface area (Å²) in [7, 11) is 0. The van der Waals surface area contributed by atoms with E-state index in [2.05, 4.69) is 25.9 Å². The minimum absolute atomic E-state index is 0.350. The standard InChI is InChI=1S/C10H5BrClFN2/c11-9-2-1-6(4-14-9)8-3-7(12)5-15-10(8)13/h1-5H. The Bertz CT molecular complexity index is 487. The smallest absolute Gasteiger partial charge is 0.220 e. The summed E-state index contributed by atoms with van der Waals surface area (Å²) in [5.74, 6) is -0.552. The third-order valence-corrected chi connectivity index (χ3v) is 2.52. The average molecular weight is 288 g/mol. The van der Waals surface area contributed by atoms with Gasteiger partial charge in [-0.05, 0) is 34.1 Å². The van der Waals surface area contributed by atoms with Crippen LogP contribution < -0.4 is 0 Å². The molecular weight excluding hydrogens is 282 g/mol. The zero-order valence-corrected chi connectivity index (χ0v) is 9.76. The second kappa shape index (κ2) is 4.24. The Kier molecular flexibility index (Phi) is 2.98. The summed E-state index contributed by atoms with van der Waals surface area (Å²) in [6.07, 6.45) is 2.83. The molecule has 5 heteroatoms. The molecule has 2 heterocycles. The number of hydrogen-bond acceptors (Lipinski definition) is 2. The lowest BCUT2D eigenvalue weighted by molar-refractivity contribution is 0.587. The zero-order chi connectivity index (χ0) is 10.8. The van der Waals surface area contributed by atoms with Crippen molar-refractivity contribution in [2.75, 3.05) is 0 Å². The Morgan fingerprint density at radius 3 is 2.67 bits per heavy atom. The zero-order valence-electron chi connectivity index (χ0n) is 7.42. The van der Waals surface area contributed by atoms with Crippen molar-refractivity contribution >= 4 is 27.5 Å². The fraction of sp³-hybridized carbons (Fsp3) is 0. The Labute approximate surface area is 99.3 Å². The van der Waals surface area contributed by atoms with Gasteiger partial charge in [-0.1, -0.05) is 11.6 Å². The van der Waals surface area contributed by atoms with E-state index in [0.29, 0.717) is 20.8 Å². The van der Waals surface area contributed by atoms with Gasteiger partial charge in [0, 0.05) is 23.5 Å². The molecule has 2 nitrogen and oxygen atoms in total. The molecule has 0 N–H and O–H groups in total. The SMILES string of the molecule is Fc1ncc(Cl)cc1-c1ccc(Br)nc1. The Morgan fingerprint density at radius 2 is 2.00 bits per heavy atom. The summed E-state index contributed by atoms with van der Waals surface area (Å²) in [6.45, 7) is 0. The number of pyridine rings is 2. The van der Waals surface area contributed by atoms with Gasteiger partial charge in [-0.15, -0.1) is 0 Å². The lowest BCUT2D eigenvalue weighted by atomic mass is 10.1. The van der Waals surface area contributed by atoms with Crippen LogP contribution in [0, 0.1) is 5.95 Å². The predicted molar refractivity (Wildman–Crippen MR) is 60.1 cm³/mol. The largest absolute Gasteiger partial charge is 0.249 e. The van der Waals surface area contributed by atoms with Crippen LogP contribution in [-0.4, -0.2) is 9.97 Å². The number of aromatic nitrogens is 2. The van der Waals surface area contributed by atoms with E-state index in [1.165, 1.54) is 12.3 Å². The van der Waals surface area contributed by atoms with Gasteiger partial charge < -0.3 is 0 Å². The van der Waals surface area contributed by atoms with Crippen LogP contribution in [0.15, 0.2) is 35.2 Å². The van der Waals surface area contributed by atoms with E-state index in [1.807, 2.05) is 0 Å². The van der Waals surface area contributed by atoms with E-state index in [-0.39, 0.29) is 0 Å². The molecule has 0 fully saturated rings. The molecule has 2 rings (SSSR count). The second-order valence-electron chi connectivity index (χ2n) is 2.86. The van der Waals surface area contributed by atoms with E-state index in [4.69, 9.17) is 11.6 Å². The van der Waals surface area contributed by atoms with Crippen molar-refractivity contribution in [2.45, 2.75) is 0 Å². The molecule has 0 aliphatic rings. The molecular formula is C10H5BrClFN2. The number of hydrogen-bond donors (Lipinski definition) is 0. The van der Waals surface area contributed by atoms with Crippen molar-refractivity contribution in [1.82, 2.24) is 9.97 Å². The molecule has 15 heavy (non-hydrogen) atoms. The lowest BCUT2D eigenvalue weighted by Crippen LogP contribution is -1.89. The van der Waals surface area contributed by atoms with Crippen LogP contribution in [0.1, 0.15) is 0 Å². The minimum atomic E-state index is -0.552. The highest BCUT2D eigenvalue weighted by atomic mass is 79.9. The van der Waals surface area contributed by atoms with Gasteiger partial charge in [-0.25, -0.2) is 9.97 Å². The molecule has 0 aliphatic heterocycles. The van der Waals surface area contributed by atoms with Crippen molar-refractivity contribution < 1.29 is 4.39 Å². The van der Waals surface area contributed by atoms with Crippen molar-refractivity contribution in [3.8, 4) is 11.1 Å². The Hall–Kier alpha value is -1.000. The first-order valence-electron chi connectivity index (χ1n) is 4.10. The van der Waals surface area contributed by atoms with E-state index < -0.39 is 5.95 Å². The van der Waals surface area contributed by atoms with Gasteiger partial charge in [0.2, 0.25) is 5.95 Å². The van der Waals surface area contributed by atoms with E-state index in [9.17, 15) is 4.39 Å². The maximum absolute atomic E-state index is 13.3. The third kappa shape index (κ3) is 2.33. The van der Waals surface area contributed by atoms with E-state index in [0.717, 1.165) is 0 Å². The average Bonchev–Trinajstić information content (AvgIpc) is 2.23. The molecule has 76 valence electrons. The molecule has 0 saturated heterocycles. The minimum Gasteiger partial charge on any atom is -0.249 e. The van der Waals surface area contributed by atoms with Crippen LogP contribution in [0.5, 0.6) is 0 Å². The molecule has 0 aromatic carbocycles. The van der Waals surface area contributed by atoms with Gasteiger partial charge in [0.25, 0.3) is 0 Å². The first-order valence-corrected chi connectivity index (χ1v) is 5.27. The fourth-order valence-corrected chi connectivity index (χ4v) is 1.55. The van der Waals surface area contributed by atoms with Crippen LogP contribution >= 0.6 is 27.5 Å². The predicted octanol–water partition coefficient (Wildman–Crippen LogP) is 3.70. The van der Waals surface area contributed by atoms with Crippen LogP contribution in [0.2, 0.25) is 5.02 Å². The second-order valence-corrected chi connectivity index (χ2v) is 4.11. The first-order chi connectivity index (χ1) is 7.16. The highest BCUT2D eigenvalue weighted by Crippen LogP contribution is 2.24. The van der Waals surface area contributed by atoms with Gasteiger partial charge in [-0.2, -0.15) is 4.39 Å². The van der Waals surface area contributed by atoms with Crippen molar-refractivity contribution in [3.05, 3.63) is 46.2 Å². The van der Waals surface area contributed by atoms with Gasteiger partial charge in [0.05, 0.1) is 5.02 Å². The Morgan fingerprint density at radius 1 is 1.20 bits per heavy atom. The number of halogens is 3. The molecule has 0 spiro atoms. The monoisotopic (exact) mass is 286 g/mol. The van der Waals surface area contributed by atoms with Gasteiger partial charge in [-0.3, -0.25) is 0 Å². The van der Waals surface area contributed by atoms with Crippen molar-refractivity contribution in [1.29, 1.82) is 0 Å². The van der Waals surface area contributed by atoms with Gasteiger partial charge in [0.1, 0.15) is 4.60 Å². The van der Waals surface area contributed by atoms with Crippen LogP contribution in [0.3, 0.4) is 0 Å². The summed E-state index contributed by atoms with van der Waals surface area (Å²) in [4.78, 5) is 7.54. The highest BCUT2D eigenvalue weighted by molar-refractivity contribution is 9.10. The molecule has 2 aromatic heterocycles. The third-order valence-electron chi connectivity index (χ3n) is 1.84. The highest BCUT2D eigenvalue weighted by Gasteiger charge is 2.07. The summed E-state index contributed by atoms with van der Waals surface area (Å²) < 4.78 is 14.0.